The van der Waals surface area contributed by atoms with E-state index in [2.05, 4.69) is 0 Å². The van der Waals surface area contributed by atoms with Crippen molar-refractivity contribution in [3.05, 3.63) is 30.6 Å². The Labute approximate surface area is 173 Å². The van der Waals surface area contributed by atoms with E-state index in [0.717, 1.165) is 9.88 Å². The van der Waals surface area contributed by atoms with Crippen molar-refractivity contribution in [2.75, 3.05) is 6.54 Å². The maximum atomic E-state index is 13.6. The fourth-order valence-corrected chi connectivity index (χ4v) is 2.10. The van der Waals surface area contributed by atoms with Gasteiger partial charge < -0.3 is 5.32 Å². The van der Waals surface area contributed by atoms with Gasteiger partial charge in [-0.15, -0.1) is 0 Å². The first-order valence-electron chi connectivity index (χ1n) is 8.06. The molecule has 0 aliphatic carbocycles. The fourth-order valence-electron chi connectivity index (χ4n) is 2.10. The number of pyridine rings is 1. The van der Waals surface area contributed by atoms with E-state index in [1.807, 2.05) is 0 Å². The van der Waals surface area contributed by atoms with Crippen LogP contribution in [0.2, 0.25) is 0 Å². The quantitative estimate of drug-likeness (QED) is 0.380. The van der Waals surface area contributed by atoms with Crippen LogP contribution in [0.5, 0.6) is 0 Å². The number of aromatic nitrogens is 1. The molecular weight excluding hydrogens is 509 g/mol. The van der Waals surface area contributed by atoms with Gasteiger partial charge in [0.2, 0.25) is 0 Å². The molecular formula is C15H10F15N2O+. The van der Waals surface area contributed by atoms with Crippen LogP contribution in [0.3, 0.4) is 0 Å². The minimum absolute atomic E-state index is 0.489. The molecule has 1 heterocycles. The van der Waals surface area contributed by atoms with Gasteiger partial charge in [-0.05, 0) is 0 Å². The second-order valence-corrected chi connectivity index (χ2v) is 6.31. The first-order chi connectivity index (χ1) is 14.5. The average Bonchev–Trinajstić information content (AvgIpc) is 2.66. The van der Waals surface area contributed by atoms with E-state index in [1.165, 1.54) is 30.6 Å². The lowest BCUT2D eigenvalue weighted by Gasteiger charge is -2.41. The largest absolute Gasteiger partial charge is 0.460 e. The number of halogens is 15. The molecule has 0 atom stereocenters. The number of nitrogens with one attached hydrogen (secondary N) is 1. The molecule has 0 fully saturated rings. The number of hydrogen-bond donors (Lipinski definition) is 1. The van der Waals surface area contributed by atoms with Crippen molar-refractivity contribution in [1.29, 1.82) is 0 Å². The van der Waals surface area contributed by atoms with Crippen molar-refractivity contribution in [2.45, 2.75) is 48.3 Å². The highest BCUT2D eigenvalue weighted by Crippen LogP contribution is 2.62. The molecule has 0 spiro atoms. The van der Waals surface area contributed by atoms with E-state index in [0.29, 0.717) is 0 Å². The Morgan fingerprint density at radius 2 is 1.00 bits per heavy atom. The fraction of sp³-hybridized carbons (Fsp3) is 0.600. The second kappa shape index (κ2) is 8.41. The smallest absolute Gasteiger partial charge is 0.344 e. The van der Waals surface area contributed by atoms with E-state index in [-0.39, 0.29) is 0 Å². The van der Waals surface area contributed by atoms with Gasteiger partial charge in [-0.25, -0.2) is 4.57 Å². The van der Waals surface area contributed by atoms with Crippen LogP contribution in [0.1, 0.15) is 0 Å². The van der Waals surface area contributed by atoms with Crippen LogP contribution in [-0.2, 0) is 11.3 Å². The number of alkyl halides is 15. The third-order valence-corrected chi connectivity index (χ3v) is 4.05. The van der Waals surface area contributed by atoms with Crippen LogP contribution in [0.15, 0.2) is 30.6 Å². The summed E-state index contributed by atoms with van der Waals surface area (Å²) >= 11 is 0. The lowest BCUT2D eigenvalue weighted by Crippen LogP contribution is -2.74. The molecule has 33 heavy (non-hydrogen) atoms. The van der Waals surface area contributed by atoms with Crippen molar-refractivity contribution in [3.8, 4) is 0 Å². The highest BCUT2D eigenvalue weighted by Gasteiger charge is 2.94. The van der Waals surface area contributed by atoms with E-state index in [1.54, 1.807) is 0 Å². The number of amides is 1. The van der Waals surface area contributed by atoms with Crippen LogP contribution < -0.4 is 9.88 Å². The van der Waals surface area contributed by atoms with Crippen LogP contribution in [0.4, 0.5) is 65.9 Å². The zero-order valence-corrected chi connectivity index (χ0v) is 15.3. The van der Waals surface area contributed by atoms with Crippen LogP contribution in [-0.4, -0.2) is 54.2 Å². The summed E-state index contributed by atoms with van der Waals surface area (Å²) in [6.45, 7) is -1.53. The summed E-state index contributed by atoms with van der Waals surface area (Å²) in [5.41, 5.74) is 0. The summed E-state index contributed by atoms with van der Waals surface area (Å²) in [6.07, 6.45) is -5.21. The van der Waals surface area contributed by atoms with Gasteiger partial charge in [0, 0.05) is 12.1 Å². The molecule has 0 saturated carbocycles. The van der Waals surface area contributed by atoms with Crippen LogP contribution in [0.25, 0.3) is 0 Å². The highest BCUT2D eigenvalue weighted by molar-refractivity contribution is 5.84. The van der Waals surface area contributed by atoms with Crippen molar-refractivity contribution >= 4 is 5.91 Å². The lowest BCUT2D eigenvalue weighted by molar-refractivity contribution is -0.694. The van der Waals surface area contributed by atoms with Gasteiger partial charge in [0.25, 0.3) is 5.91 Å². The number of hydrogen-bond acceptors (Lipinski definition) is 1. The van der Waals surface area contributed by atoms with Crippen molar-refractivity contribution < 1.29 is 75.2 Å². The van der Waals surface area contributed by atoms with Gasteiger partial charge in [-0.3, -0.25) is 4.79 Å². The lowest BCUT2D eigenvalue weighted by atomic mass is 9.91. The zero-order valence-electron chi connectivity index (χ0n) is 15.3. The summed E-state index contributed by atoms with van der Waals surface area (Å²) in [4.78, 5) is 11.2. The molecule has 0 aromatic carbocycles. The molecule has 18 heteroatoms. The molecule has 0 radical (unpaired) electrons. The Morgan fingerprint density at radius 1 is 0.606 bits per heavy atom. The first kappa shape index (κ1) is 28.6. The molecule has 1 aromatic rings. The van der Waals surface area contributed by atoms with Crippen LogP contribution >= 0.6 is 0 Å². The van der Waals surface area contributed by atoms with Gasteiger partial charge in [0.15, 0.2) is 18.9 Å². The first-order valence-corrected chi connectivity index (χ1v) is 8.06. The third-order valence-electron chi connectivity index (χ3n) is 4.05. The number of carbonyl (C=O) groups is 1. The van der Waals surface area contributed by atoms with E-state index in [9.17, 15) is 70.7 Å². The summed E-state index contributed by atoms with van der Waals surface area (Å²) in [7, 11) is 0. The minimum atomic E-state index is -8.42. The zero-order chi connectivity index (χ0) is 26.3. The Hall–Kier alpha value is -2.43. The second-order valence-electron chi connectivity index (χ2n) is 6.31. The molecule has 1 amide bonds. The maximum absolute atomic E-state index is 13.6. The molecule has 3 nitrogen and oxygen atoms in total. The van der Waals surface area contributed by atoms with Gasteiger partial charge in [-0.1, -0.05) is 6.07 Å². The predicted octanol–water partition coefficient (Wildman–Crippen LogP) is 4.46. The number of nitrogens with zero attached hydrogens (tertiary/aromatic N) is 1. The number of rotatable bonds is 9. The SMILES string of the molecule is O=C(NCC[n+]1ccccc1)C(F)(F)C(F)(F)C(F)(F)C(F)(F)C(F)(F)C(F)(F)C(F)(F)F. The topological polar surface area (TPSA) is 33.0 Å². The average molecular weight is 519 g/mol. The molecule has 0 aliphatic rings. The summed E-state index contributed by atoms with van der Waals surface area (Å²) in [5.74, 6) is -51.4. The Balaban J connectivity index is 3.26. The highest BCUT2D eigenvalue weighted by atomic mass is 19.4. The standard InChI is InChI=1S/C15H9F15N2O/c16-9(17,8(33)31-4-7-32-5-2-1-3-6-32)10(18,19)11(20,21)12(22,23)13(24,25)14(26,27)15(28,29)30/h1-3,5-6H,4,7H2/p+1. The Kier molecular flexibility index (Phi) is 7.29. The molecule has 1 aromatic heterocycles. The molecule has 1 N–H and O–H groups in total. The van der Waals surface area contributed by atoms with Gasteiger partial charge in [0.05, 0.1) is 6.54 Å². The Bertz CT molecular complexity index is 835. The van der Waals surface area contributed by atoms with Gasteiger partial charge in [0.1, 0.15) is 0 Å². The normalized spacial score (nSPS) is 14.9. The van der Waals surface area contributed by atoms with E-state index < -0.39 is 60.7 Å². The van der Waals surface area contributed by atoms with Crippen molar-refractivity contribution in [3.63, 3.8) is 0 Å². The minimum Gasteiger partial charge on any atom is -0.344 e. The third kappa shape index (κ3) is 4.39. The van der Waals surface area contributed by atoms with Gasteiger partial charge in [-0.2, -0.15) is 65.9 Å². The van der Waals surface area contributed by atoms with E-state index in [4.69, 9.17) is 0 Å². The van der Waals surface area contributed by atoms with Crippen molar-refractivity contribution in [2.24, 2.45) is 0 Å². The summed E-state index contributed by atoms with van der Waals surface area (Å²) in [6, 6.07) is 4.15. The summed E-state index contributed by atoms with van der Waals surface area (Å²) in [5, 5.41) is 0.911. The molecule has 190 valence electrons. The molecule has 0 aliphatic heterocycles. The molecule has 0 unspecified atom stereocenters. The van der Waals surface area contributed by atoms with Gasteiger partial charge >= 0.3 is 41.7 Å². The Morgan fingerprint density at radius 3 is 1.42 bits per heavy atom. The van der Waals surface area contributed by atoms with E-state index >= 15 is 0 Å². The monoisotopic (exact) mass is 519 g/mol. The maximum Gasteiger partial charge on any atom is 0.460 e. The van der Waals surface area contributed by atoms with Crippen molar-refractivity contribution in [1.82, 2.24) is 5.32 Å². The number of carbonyl (C=O) groups excluding carboxylic acids is 1. The molecule has 0 bridgehead atoms. The van der Waals surface area contributed by atoms with Crippen LogP contribution in [0, 0.1) is 0 Å². The summed E-state index contributed by atoms with van der Waals surface area (Å²) < 4.78 is 197. The predicted molar refractivity (Wildman–Crippen MR) is 75.4 cm³/mol. The molecule has 1 rings (SSSR count). The molecule has 0 saturated heterocycles.